The fourth-order valence-corrected chi connectivity index (χ4v) is 2.86. The Bertz CT molecular complexity index is 771. The number of epoxide rings is 1. The van der Waals surface area contributed by atoms with E-state index in [1.807, 2.05) is 24.3 Å². The lowest BCUT2D eigenvalue weighted by Crippen LogP contribution is -2.21. The summed E-state index contributed by atoms with van der Waals surface area (Å²) >= 11 is 0. The largest absolute Gasteiger partial charge is 0.345 e. The molecule has 1 fully saturated rings. The molecule has 0 aliphatic carbocycles. The van der Waals surface area contributed by atoms with Crippen LogP contribution >= 0.6 is 0 Å². The van der Waals surface area contributed by atoms with Gasteiger partial charge in [0.15, 0.2) is 0 Å². The van der Waals surface area contributed by atoms with Crippen molar-refractivity contribution in [2.45, 2.75) is 11.7 Å². The zero-order valence-electron chi connectivity index (χ0n) is 10.8. The topological polar surface area (TPSA) is 84.8 Å². The molecule has 2 aromatic rings. The van der Waals surface area contributed by atoms with Crippen LogP contribution < -0.4 is 5.32 Å². The Kier molecular flexibility index (Phi) is 2.23. The number of ether oxygens (including phenoxy) is 1. The maximum atomic E-state index is 12.2. The van der Waals surface area contributed by atoms with Crippen LogP contribution in [0.4, 0.5) is 11.4 Å². The van der Waals surface area contributed by atoms with Gasteiger partial charge in [-0.2, -0.15) is 0 Å². The van der Waals surface area contributed by atoms with Crippen LogP contribution in [0.2, 0.25) is 0 Å². The fraction of sp³-hybridized carbons (Fsp3) is 0.133. The molecule has 2 aromatic carbocycles. The molecule has 2 aliphatic heterocycles. The van der Waals surface area contributed by atoms with Gasteiger partial charge in [0.2, 0.25) is 5.60 Å². The summed E-state index contributed by atoms with van der Waals surface area (Å²) in [5.41, 5.74) is 1.37. The zero-order valence-corrected chi connectivity index (χ0v) is 10.8. The highest BCUT2D eigenvalue weighted by atomic mass is 16.6. The number of anilines is 1. The Morgan fingerprint density at radius 3 is 2.57 bits per heavy atom. The SMILES string of the molecule is O=C1Nc2ccccc2C12OC2c1ccc([N+](=O)[O-])cc1. The van der Waals surface area contributed by atoms with Gasteiger partial charge in [0.1, 0.15) is 6.10 Å². The van der Waals surface area contributed by atoms with E-state index in [4.69, 9.17) is 4.74 Å². The van der Waals surface area contributed by atoms with Crippen LogP contribution in [0.15, 0.2) is 48.5 Å². The van der Waals surface area contributed by atoms with Crippen molar-refractivity contribution in [3.8, 4) is 0 Å². The third-order valence-electron chi connectivity index (χ3n) is 3.94. The summed E-state index contributed by atoms with van der Waals surface area (Å²) in [4.78, 5) is 22.4. The highest BCUT2D eigenvalue weighted by molar-refractivity contribution is 6.07. The predicted molar refractivity (Wildman–Crippen MR) is 73.7 cm³/mol. The predicted octanol–water partition coefficient (Wildman–Crippen LogP) is 2.51. The van der Waals surface area contributed by atoms with E-state index in [0.717, 1.165) is 16.8 Å². The standard InChI is InChI=1S/C15H10N2O4/c18-14-15(11-3-1-2-4-12(11)16-14)13(21-15)9-5-7-10(8-6-9)17(19)20/h1-8,13H,(H,16,18). The van der Waals surface area contributed by atoms with Gasteiger partial charge in [-0.05, 0) is 23.8 Å². The first-order chi connectivity index (χ1) is 10.1. The number of nitro benzene ring substituents is 1. The number of carbonyl (C=O) groups excluding carboxylic acids is 1. The Labute approximate surface area is 119 Å². The molecule has 2 aliphatic rings. The Hall–Kier alpha value is -2.73. The van der Waals surface area contributed by atoms with Crippen LogP contribution in [0.1, 0.15) is 17.2 Å². The molecule has 1 spiro atoms. The highest BCUT2D eigenvalue weighted by Crippen LogP contribution is 2.61. The first-order valence-electron chi connectivity index (χ1n) is 6.46. The molecular weight excluding hydrogens is 272 g/mol. The van der Waals surface area contributed by atoms with Crippen LogP contribution in [0.3, 0.4) is 0 Å². The molecule has 6 nitrogen and oxygen atoms in total. The molecule has 1 saturated heterocycles. The number of nitro groups is 1. The summed E-state index contributed by atoms with van der Waals surface area (Å²) in [5.74, 6) is -0.188. The lowest BCUT2D eigenvalue weighted by molar-refractivity contribution is -0.384. The lowest BCUT2D eigenvalue weighted by atomic mass is 9.93. The molecule has 2 unspecified atom stereocenters. The number of carbonyl (C=O) groups is 1. The van der Waals surface area contributed by atoms with Gasteiger partial charge >= 0.3 is 0 Å². The second-order valence-electron chi connectivity index (χ2n) is 5.08. The summed E-state index contributed by atoms with van der Waals surface area (Å²) in [5, 5.41) is 13.5. The molecule has 0 radical (unpaired) electrons. The van der Waals surface area contributed by atoms with E-state index >= 15 is 0 Å². The number of nitrogens with zero attached hydrogens (tertiary/aromatic N) is 1. The molecule has 0 saturated carbocycles. The highest BCUT2D eigenvalue weighted by Gasteiger charge is 2.67. The average Bonchev–Trinajstić information content (AvgIpc) is 3.18. The molecule has 1 amide bonds. The maximum Gasteiger partial charge on any atom is 0.269 e. The van der Waals surface area contributed by atoms with Crippen LogP contribution in [-0.4, -0.2) is 10.8 Å². The second kappa shape index (κ2) is 3.89. The number of rotatable bonds is 2. The number of fused-ring (bicyclic) bond motifs is 2. The van der Waals surface area contributed by atoms with E-state index in [9.17, 15) is 14.9 Å². The van der Waals surface area contributed by atoms with Gasteiger partial charge in [0, 0.05) is 23.4 Å². The first kappa shape index (κ1) is 12.0. The van der Waals surface area contributed by atoms with E-state index in [2.05, 4.69) is 5.32 Å². The van der Waals surface area contributed by atoms with Crippen molar-refractivity contribution in [1.82, 2.24) is 0 Å². The minimum atomic E-state index is -0.979. The lowest BCUT2D eigenvalue weighted by Gasteiger charge is -2.02. The third-order valence-corrected chi connectivity index (χ3v) is 3.94. The van der Waals surface area contributed by atoms with Crippen molar-refractivity contribution in [1.29, 1.82) is 0 Å². The monoisotopic (exact) mass is 282 g/mol. The molecule has 2 atom stereocenters. The molecule has 4 rings (SSSR count). The number of nitrogens with one attached hydrogen (secondary N) is 1. The van der Waals surface area contributed by atoms with Crippen LogP contribution in [0, 0.1) is 10.1 Å². The quantitative estimate of drug-likeness (QED) is 0.521. The number of amides is 1. The number of hydrogen-bond acceptors (Lipinski definition) is 4. The van der Waals surface area contributed by atoms with Gasteiger partial charge < -0.3 is 10.1 Å². The molecule has 1 N–H and O–H groups in total. The summed E-state index contributed by atoms with van der Waals surface area (Å²) in [7, 11) is 0. The van der Waals surface area contributed by atoms with Crippen molar-refractivity contribution >= 4 is 17.3 Å². The molecule has 104 valence electrons. The number of para-hydroxylation sites is 1. The molecule has 6 heteroatoms. The Morgan fingerprint density at radius 1 is 1.14 bits per heavy atom. The third kappa shape index (κ3) is 1.53. The van der Waals surface area contributed by atoms with Crippen LogP contribution in [0.5, 0.6) is 0 Å². The average molecular weight is 282 g/mol. The minimum Gasteiger partial charge on any atom is -0.345 e. The first-order valence-corrected chi connectivity index (χ1v) is 6.46. The van der Waals surface area contributed by atoms with Gasteiger partial charge in [-0.25, -0.2) is 0 Å². The van der Waals surface area contributed by atoms with Crippen molar-refractivity contribution in [2.75, 3.05) is 5.32 Å². The van der Waals surface area contributed by atoms with Gasteiger partial charge in [-0.15, -0.1) is 0 Å². The van der Waals surface area contributed by atoms with Crippen molar-refractivity contribution in [2.24, 2.45) is 0 Å². The van der Waals surface area contributed by atoms with E-state index in [0.29, 0.717) is 0 Å². The summed E-state index contributed by atoms with van der Waals surface area (Å²) in [6, 6.07) is 13.5. The molecule has 0 bridgehead atoms. The molecular formula is C15H10N2O4. The Morgan fingerprint density at radius 2 is 1.86 bits per heavy atom. The Balaban J connectivity index is 1.71. The van der Waals surface area contributed by atoms with Crippen molar-refractivity contribution in [3.05, 3.63) is 69.8 Å². The van der Waals surface area contributed by atoms with E-state index in [-0.39, 0.29) is 11.6 Å². The van der Waals surface area contributed by atoms with E-state index in [1.54, 1.807) is 12.1 Å². The van der Waals surface area contributed by atoms with E-state index in [1.165, 1.54) is 12.1 Å². The zero-order chi connectivity index (χ0) is 14.6. The van der Waals surface area contributed by atoms with Crippen molar-refractivity contribution < 1.29 is 14.5 Å². The summed E-state index contributed by atoms with van der Waals surface area (Å²) in [6.45, 7) is 0. The summed E-state index contributed by atoms with van der Waals surface area (Å²) in [6.07, 6.45) is -0.401. The van der Waals surface area contributed by atoms with Gasteiger partial charge in [0.05, 0.1) is 4.92 Å². The number of non-ortho nitro benzene ring substituents is 1. The molecule has 2 heterocycles. The van der Waals surface area contributed by atoms with Crippen LogP contribution in [-0.2, 0) is 15.1 Å². The number of hydrogen-bond donors (Lipinski definition) is 1. The maximum absolute atomic E-state index is 12.2. The van der Waals surface area contributed by atoms with Crippen molar-refractivity contribution in [3.63, 3.8) is 0 Å². The number of benzene rings is 2. The van der Waals surface area contributed by atoms with Gasteiger partial charge in [-0.1, -0.05) is 18.2 Å². The van der Waals surface area contributed by atoms with Gasteiger partial charge in [-0.3, -0.25) is 14.9 Å². The minimum absolute atomic E-state index is 0.0183. The molecule has 0 aromatic heterocycles. The summed E-state index contributed by atoms with van der Waals surface area (Å²) < 4.78 is 5.71. The molecule has 21 heavy (non-hydrogen) atoms. The smallest absolute Gasteiger partial charge is 0.269 e. The van der Waals surface area contributed by atoms with Crippen LogP contribution in [0.25, 0.3) is 0 Å². The van der Waals surface area contributed by atoms with E-state index < -0.39 is 16.6 Å². The normalized spacial score (nSPS) is 25.5. The fourth-order valence-electron chi connectivity index (χ4n) is 2.86. The van der Waals surface area contributed by atoms with Gasteiger partial charge in [0.25, 0.3) is 11.6 Å². The second-order valence-corrected chi connectivity index (χ2v) is 5.08.